The number of amides is 2. The van der Waals surface area contributed by atoms with Gasteiger partial charge in [0, 0.05) is 26.1 Å². The van der Waals surface area contributed by atoms with E-state index in [-0.39, 0.29) is 49.2 Å². The van der Waals surface area contributed by atoms with Crippen LogP contribution in [0.1, 0.15) is 22.5 Å². The van der Waals surface area contributed by atoms with Crippen molar-refractivity contribution in [2.45, 2.75) is 19.9 Å². The van der Waals surface area contributed by atoms with Crippen LogP contribution in [-0.4, -0.2) is 34.5 Å². The molecule has 0 saturated carbocycles. The minimum atomic E-state index is -0.335. The highest BCUT2D eigenvalue weighted by Gasteiger charge is 2.09. The van der Waals surface area contributed by atoms with Crippen LogP contribution in [0.25, 0.3) is 10.9 Å². The maximum absolute atomic E-state index is 12.5. The van der Waals surface area contributed by atoms with Crippen molar-refractivity contribution < 1.29 is 14.0 Å². The first-order valence-electron chi connectivity index (χ1n) is 8.59. The largest absolute Gasteiger partial charge is 0.459 e. The number of aromatic nitrogens is 2. The van der Waals surface area contributed by atoms with Crippen LogP contribution in [0.3, 0.4) is 0 Å². The van der Waals surface area contributed by atoms with Crippen LogP contribution in [-0.2, 0) is 11.3 Å². The second-order valence-corrected chi connectivity index (χ2v) is 6.05. The molecule has 0 bridgehead atoms. The third-order valence-corrected chi connectivity index (χ3v) is 4.11. The molecule has 0 aliphatic heterocycles. The van der Waals surface area contributed by atoms with Gasteiger partial charge < -0.3 is 15.1 Å². The minimum Gasteiger partial charge on any atom is -0.459 e. The average Bonchev–Trinajstić information content (AvgIpc) is 3.20. The van der Waals surface area contributed by atoms with E-state index in [1.165, 1.54) is 17.2 Å². The topological polar surface area (TPSA) is 106 Å². The van der Waals surface area contributed by atoms with Gasteiger partial charge in [0.25, 0.3) is 11.5 Å². The highest BCUT2D eigenvalue weighted by molar-refractivity contribution is 5.91. The van der Waals surface area contributed by atoms with Crippen LogP contribution < -0.4 is 16.2 Å². The summed E-state index contributed by atoms with van der Waals surface area (Å²) < 4.78 is 6.40. The van der Waals surface area contributed by atoms with Crippen LogP contribution >= 0.6 is 0 Å². The fraction of sp³-hybridized carbons (Fsp3) is 0.263. The maximum atomic E-state index is 12.5. The third kappa shape index (κ3) is 4.41. The third-order valence-electron chi connectivity index (χ3n) is 4.11. The molecule has 3 aromatic rings. The average molecular weight is 368 g/mol. The van der Waals surface area contributed by atoms with Gasteiger partial charge in [-0.25, -0.2) is 4.98 Å². The zero-order valence-electron chi connectivity index (χ0n) is 14.9. The number of furan rings is 1. The molecule has 2 heterocycles. The standard InChI is InChI=1S/C19H20N4O4/c1-13-4-2-5-14-17(13)22-12-23(19(14)26)10-7-16(24)20-8-9-21-18(25)15-6-3-11-27-15/h2-6,11-12H,7-10H2,1H3,(H,20,24)(H,21,25). The van der Waals surface area contributed by atoms with E-state index in [0.717, 1.165) is 5.56 Å². The lowest BCUT2D eigenvalue weighted by Crippen LogP contribution is -2.35. The molecule has 8 heteroatoms. The molecule has 0 spiro atoms. The SMILES string of the molecule is Cc1cccc2c(=O)n(CCC(=O)NCCNC(=O)c3ccco3)cnc12. The lowest BCUT2D eigenvalue weighted by atomic mass is 10.1. The van der Waals surface area contributed by atoms with Crippen molar-refractivity contribution in [1.82, 2.24) is 20.2 Å². The predicted molar refractivity (Wildman–Crippen MR) is 99.4 cm³/mol. The quantitative estimate of drug-likeness (QED) is 0.610. The van der Waals surface area contributed by atoms with E-state index < -0.39 is 0 Å². The summed E-state index contributed by atoms with van der Waals surface area (Å²) in [6.07, 6.45) is 3.03. The van der Waals surface area contributed by atoms with Gasteiger partial charge in [-0.15, -0.1) is 0 Å². The van der Waals surface area contributed by atoms with E-state index in [1.54, 1.807) is 18.2 Å². The Kier molecular flexibility index (Phi) is 5.65. The highest BCUT2D eigenvalue weighted by atomic mass is 16.3. The number of fused-ring (bicyclic) bond motifs is 1. The molecule has 0 saturated heterocycles. The van der Waals surface area contributed by atoms with Crippen molar-refractivity contribution in [2.75, 3.05) is 13.1 Å². The number of carbonyl (C=O) groups is 2. The molecule has 0 unspecified atom stereocenters. The first-order valence-corrected chi connectivity index (χ1v) is 8.59. The van der Waals surface area contributed by atoms with Crippen molar-refractivity contribution in [3.63, 3.8) is 0 Å². The number of benzene rings is 1. The lowest BCUT2D eigenvalue weighted by molar-refractivity contribution is -0.121. The number of aryl methyl sites for hydroxylation is 2. The van der Waals surface area contributed by atoms with E-state index in [9.17, 15) is 14.4 Å². The minimum absolute atomic E-state index is 0.144. The molecule has 2 N–H and O–H groups in total. The Morgan fingerprint density at radius 1 is 1.15 bits per heavy atom. The zero-order chi connectivity index (χ0) is 19.2. The highest BCUT2D eigenvalue weighted by Crippen LogP contribution is 2.11. The smallest absolute Gasteiger partial charge is 0.287 e. The van der Waals surface area contributed by atoms with Crippen molar-refractivity contribution in [2.24, 2.45) is 0 Å². The van der Waals surface area contributed by atoms with Crippen LogP contribution in [0.2, 0.25) is 0 Å². The second kappa shape index (κ2) is 8.31. The van der Waals surface area contributed by atoms with E-state index in [1.807, 2.05) is 19.1 Å². The Labute approximate surface area is 155 Å². The fourth-order valence-electron chi connectivity index (χ4n) is 2.68. The normalized spacial score (nSPS) is 10.7. The summed E-state index contributed by atoms with van der Waals surface area (Å²) in [6.45, 7) is 2.70. The van der Waals surface area contributed by atoms with Gasteiger partial charge in [0.05, 0.1) is 23.5 Å². The first kappa shape index (κ1) is 18.4. The Morgan fingerprint density at radius 2 is 1.96 bits per heavy atom. The first-order chi connectivity index (χ1) is 13.1. The Hall–Kier alpha value is -3.42. The monoisotopic (exact) mass is 368 g/mol. The summed E-state index contributed by atoms with van der Waals surface area (Å²) in [5, 5.41) is 5.88. The van der Waals surface area contributed by atoms with Gasteiger partial charge >= 0.3 is 0 Å². The summed E-state index contributed by atoms with van der Waals surface area (Å²) in [7, 11) is 0. The summed E-state index contributed by atoms with van der Waals surface area (Å²) in [5.74, 6) is -0.323. The van der Waals surface area contributed by atoms with E-state index in [4.69, 9.17) is 4.42 Å². The number of hydrogen-bond donors (Lipinski definition) is 2. The Balaban J connectivity index is 1.47. The van der Waals surface area contributed by atoms with Gasteiger partial charge in [-0.3, -0.25) is 19.0 Å². The maximum Gasteiger partial charge on any atom is 0.287 e. The van der Waals surface area contributed by atoms with E-state index in [2.05, 4.69) is 15.6 Å². The van der Waals surface area contributed by atoms with Crippen molar-refractivity contribution >= 4 is 22.7 Å². The van der Waals surface area contributed by atoms with Gasteiger partial charge in [-0.05, 0) is 30.7 Å². The van der Waals surface area contributed by atoms with Crippen LogP contribution in [0.4, 0.5) is 0 Å². The molecule has 0 radical (unpaired) electrons. The molecule has 0 aliphatic carbocycles. The van der Waals surface area contributed by atoms with Gasteiger partial charge in [-0.1, -0.05) is 12.1 Å². The summed E-state index contributed by atoms with van der Waals surface area (Å²) >= 11 is 0. The molecule has 0 aliphatic rings. The van der Waals surface area contributed by atoms with Crippen LogP contribution in [0.5, 0.6) is 0 Å². The molecule has 2 amide bonds. The Bertz CT molecular complexity index is 1010. The fourth-order valence-corrected chi connectivity index (χ4v) is 2.68. The van der Waals surface area contributed by atoms with Crippen LogP contribution in [0.15, 0.2) is 52.1 Å². The zero-order valence-corrected chi connectivity index (χ0v) is 14.9. The molecular formula is C19H20N4O4. The summed E-state index contributed by atoms with van der Waals surface area (Å²) in [5.41, 5.74) is 1.45. The Morgan fingerprint density at radius 3 is 2.74 bits per heavy atom. The number of rotatable bonds is 7. The van der Waals surface area contributed by atoms with Crippen molar-refractivity contribution in [1.29, 1.82) is 0 Å². The molecule has 8 nitrogen and oxygen atoms in total. The molecule has 27 heavy (non-hydrogen) atoms. The van der Waals surface area contributed by atoms with E-state index in [0.29, 0.717) is 10.9 Å². The van der Waals surface area contributed by atoms with Gasteiger partial charge in [-0.2, -0.15) is 0 Å². The van der Waals surface area contributed by atoms with Crippen LogP contribution in [0, 0.1) is 6.92 Å². The molecule has 0 fully saturated rings. The molecule has 0 atom stereocenters. The van der Waals surface area contributed by atoms with E-state index >= 15 is 0 Å². The predicted octanol–water partition coefficient (Wildman–Crippen LogP) is 1.23. The van der Waals surface area contributed by atoms with Crippen molar-refractivity contribution in [3.05, 3.63) is 64.6 Å². The molecular weight excluding hydrogens is 348 g/mol. The number of nitrogens with zero attached hydrogens (tertiary/aromatic N) is 2. The molecule has 3 rings (SSSR count). The number of carbonyl (C=O) groups excluding carboxylic acids is 2. The van der Waals surface area contributed by atoms with Gasteiger partial charge in [0.2, 0.25) is 5.91 Å². The van der Waals surface area contributed by atoms with Gasteiger partial charge in [0.15, 0.2) is 5.76 Å². The molecule has 1 aromatic carbocycles. The lowest BCUT2D eigenvalue weighted by Gasteiger charge is -2.09. The summed E-state index contributed by atoms with van der Waals surface area (Å²) in [4.78, 5) is 40.4. The second-order valence-electron chi connectivity index (χ2n) is 6.05. The summed E-state index contributed by atoms with van der Waals surface area (Å²) in [6, 6.07) is 8.63. The number of para-hydroxylation sites is 1. The molecule has 2 aromatic heterocycles. The molecule has 140 valence electrons. The number of nitrogens with one attached hydrogen (secondary N) is 2. The van der Waals surface area contributed by atoms with Gasteiger partial charge in [0.1, 0.15) is 0 Å². The van der Waals surface area contributed by atoms with Crippen molar-refractivity contribution in [3.8, 4) is 0 Å². The number of hydrogen-bond acceptors (Lipinski definition) is 5.